The number of hydrogen-bond donors (Lipinski definition) is 1. The number of nitrogens with one attached hydrogen (secondary N) is 1. The molecule has 0 amide bonds. The van der Waals surface area contributed by atoms with Crippen LogP contribution >= 0.6 is 11.6 Å². The van der Waals surface area contributed by atoms with Crippen LogP contribution in [0.1, 0.15) is 24.0 Å². The Hall–Kier alpha value is -1.58. The maximum atomic E-state index is 13.0. The molecule has 0 unspecified atom stereocenters. The fourth-order valence-electron chi connectivity index (χ4n) is 2.16. The number of ether oxygens (including phenoxy) is 1. The second-order valence-electron chi connectivity index (χ2n) is 5.29. The first-order chi connectivity index (χ1) is 10.2. The molecule has 0 radical (unpaired) electrons. The normalized spacial score (nSPS) is 14.2. The second kappa shape index (κ2) is 6.46. The Morgan fingerprint density at radius 1 is 1.14 bits per heavy atom. The standard InChI is InChI=1S/C17H17ClFNO/c18-16-9-14(19)5-8-17(16)21-11-13-4-2-1-3-12(13)10-20-15-6-7-15/h1-5,8-9,15,20H,6-7,10-11H2. The Bertz CT molecular complexity index is 628. The van der Waals surface area contributed by atoms with E-state index < -0.39 is 0 Å². The number of halogens is 2. The summed E-state index contributed by atoms with van der Waals surface area (Å²) in [5, 5.41) is 3.79. The van der Waals surface area contributed by atoms with E-state index in [9.17, 15) is 4.39 Å². The van der Waals surface area contributed by atoms with Crippen LogP contribution in [0.15, 0.2) is 42.5 Å². The van der Waals surface area contributed by atoms with Crippen molar-refractivity contribution in [2.75, 3.05) is 0 Å². The van der Waals surface area contributed by atoms with Gasteiger partial charge in [-0.2, -0.15) is 0 Å². The monoisotopic (exact) mass is 305 g/mol. The molecule has 0 aromatic heterocycles. The van der Waals surface area contributed by atoms with Crippen molar-refractivity contribution in [1.29, 1.82) is 0 Å². The predicted octanol–water partition coefficient (Wildman–Crippen LogP) is 4.31. The van der Waals surface area contributed by atoms with E-state index >= 15 is 0 Å². The number of rotatable bonds is 6. The van der Waals surface area contributed by atoms with Gasteiger partial charge < -0.3 is 10.1 Å². The van der Waals surface area contributed by atoms with Crippen molar-refractivity contribution in [3.63, 3.8) is 0 Å². The molecular weight excluding hydrogens is 289 g/mol. The Balaban J connectivity index is 1.66. The van der Waals surface area contributed by atoms with Gasteiger partial charge in [0.2, 0.25) is 0 Å². The molecule has 0 bridgehead atoms. The van der Waals surface area contributed by atoms with E-state index in [4.69, 9.17) is 16.3 Å². The van der Waals surface area contributed by atoms with Crippen molar-refractivity contribution in [1.82, 2.24) is 5.32 Å². The van der Waals surface area contributed by atoms with Crippen molar-refractivity contribution < 1.29 is 9.13 Å². The summed E-state index contributed by atoms with van der Waals surface area (Å²) in [7, 11) is 0. The summed E-state index contributed by atoms with van der Waals surface area (Å²) in [5.74, 6) is 0.143. The van der Waals surface area contributed by atoms with Crippen molar-refractivity contribution in [2.24, 2.45) is 0 Å². The summed E-state index contributed by atoms with van der Waals surface area (Å²) in [5.41, 5.74) is 2.34. The first kappa shape index (κ1) is 14.4. The molecule has 0 spiro atoms. The zero-order chi connectivity index (χ0) is 14.7. The molecule has 0 heterocycles. The highest BCUT2D eigenvalue weighted by molar-refractivity contribution is 6.32. The first-order valence-corrected chi connectivity index (χ1v) is 7.48. The van der Waals surface area contributed by atoms with Crippen LogP contribution in [0.2, 0.25) is 5.02 Å². The van der Waals surface area contributed by atoms with Crippen LogP contribution in [0.25, 0.3) is 0 Å². The van der Waals surface area contributed by atoms with Crippen LogP contribution < -0.4 is 10.1 Å². The van der Waals surface area contributed by atoms with Gasteiger partial charge >= 0.3 is 0 Å². The van der Waals surface area contributed by atoms with Crippen LogP contribution in [-0.2, 0) is 13.2 Å². The zero-order valence-electron chi connectivity index (χ0n) is 11.6. The van der Waals surface area contributed by atoms with Crippen LogP contribution in [0, 0.1) is 5.82 Å². The first-order valence-electron chi connectivity index (χ1n) is 7.10. The smallest absolute Gasteiger partial charge is 0.138 e. The van der Waals surface area contributed by atoms with Crippen molar-refractivity contribution >= 4 is 11.6 Å². The Kier molecular flexibility index (Phi) is 4.42. The molecule has 1 aliphatic carbocycles. The molecule has 2 aromatic rings. The number of benzene rings is 2. The highest BCUT2D eigenvalue weighted by Crippen LogP contribution is 2.26. The van der Waals surface area contributed by atoms with Gasteiger partial charge in [0.1, 0.15) is 18.2 Å². The van der Waals surface area contributed by atoms with Gasteiger partial charge in [-0.3, -0.25) is 0 Å². The van der Waals surface area contributed by atoms with Gasteiger partial charge in [-0.25, -0.2) is 4.39 Å². The molecule has 0 saturated heterocycles. The van der Waals surface area contributed by atoms with E-state index in [1.54, 1.807) is 6.07 Å². The van der Waals surface area contributed by atoms with Crippen molar-refractivity contribution in [3.05, 3.63) is 64.4 Å². The lowest BCUT2D eigenvalue weighted by Crippen LogP contribution is -2.16. The summed E-state index contributed by atoms with van der Waals surface area (Å²) < 4.78 is 18.7. The van der Waals surface area contributed by atoms with Crippen molar-refractivity contribution in [2.45, 2.75) is 32.0 Å². The molecule has 21 heavy (non-hydrogen) atoms. The molecule has 1 aliphatic rings. The van der Waals surface area contributed by atoms with Gasteiger partial charge in [-0.05, 0) is 42.2 Å². The third kappa shape index (κ3) is 3.96. The highest BCUT2D eigenvalue weighted by atomic mass is 35.5. The fraction of sp³-hybridized carbons (Fsp3) is 0.294. The van der Waals surface area contributed by atoms with Gasteiger partial charge in [0.15, 0.2) is 0 Å². The topological polar surface area (TPSA) is 21.3 Å². The average Bonchev–Trinajstić information content (AvgIpc) is 3.29. The quantitative estimate of drug-likeness (QED) is 0.858. The molecule has 3 rings (SSSR count). The lowest BCUT2D eigenvalue weighted by atomic mass is 10.1. The Labute approximate surface area is 128 Å². The van der Waals surface area contributed by atoms with Gasteiger partial charge in [0.05, 0.1) is 5.02 Å². The van der Waals surface area contributed by atoms with Gasteiger partial charge in [0, 0.05) is 12.6 Å². The molecule has 110 valence electrons. The third-order valence-corrected chi connectivity index (χ3v) is 3.85. The molecule has 2 nitrogen and oxygen atoms in total. The third-order valence-electron chi connectivity index (χ3n) is 3.55. The highest BCUT2D eigenvalue weighted by Gasteiger charge is 2.20. The fourth-order valence-corrected chi connectivity index (χ4v) is 2.38. The van der Waals surface area contributed by atoms with Crippen molar-refractivity contribution in [3.8, 4) is 5.75 Å². The molecule has 2 aromatic carbocycles. The van der Waals surface area contributed by atoms with E-state index in [1.165, 1.54) is 30.5 Å². The largest absolute Gasteiger partial charge is 0.487 e. The molecule has 1 saturated carbocycles. The summed E-state index contributed by atoms with van der Waals surface area (Å²) in [4.78, 5) is 0. The van der Waals surface area contributed by atoms with Gasteiger partial charge in [0.25, 0.3) is 0 Å². The Morgan fingerprint density at radius 3 is 2.62 bits per heavy atom. The van der Waals surface area contributed by atoms with E-state index in [-0.39, 0.29) is 5.82 Å². The van der Waals surface area contributed by atoms with Gasteiger partial charge in [-0.1, -0.05) is 35.9 Å². The minimum absolute atomic E-state index is 0.295. The molecule has 1 N–H and O–H groups in total. The second-order valence-corrected chi connectivity index (χ2v) is 5.69. The summed E-state index contributed by atoms with van der Waals surface area (Å²) in [6.07, 6.45) is 2.54. The van der Waals surface area contributed by atoms with Crippen LogP contribution in [0.4, 0.5) is 4.39 Å². The minimum atomic E-state index is -0.360. The predicted molar refractivity (Wildman–Crippen MR) is 82.0 cm³/mol. The molecular formula is C17H17ClFNO. The zero-order valence-corrected chi connectivity index (χ0v) is 12.4. The lowest BCUT2D eigenvalue weighted by Gasteiger charge is -2.12. The molecule has 0 atom stereocenters. The van der Waals surface area contributed by atoms with Gasteiger partial charge in [-0.15, -0.1) is 0 Å². The van der Waals surface area contributed by atoms with Crippen LogP contribution in [0.3, 0.4) is 0 Å². The van der Waals surface area contributed by atoms with E-state index in [1.807, 2.05) is 18.2 Å². The summed E-state index contributed by atoms with van der Waals surface area (Å²) >= 11 is 5.97. The maximum absolute atomic E-state index is 13.0. The molecule has 0 aliphatic heterocycles. The van der Waals surface area contributed by atoms with Crippen LogP contribution in [0.5, 0.6) is 5.75 Å². The van der Waals surface area contributed by atoms with E-state index in [2.05, 4.69) is 11.4 Å². The summed E-state index contributed by atoms with van der Waals surface area (Å²) in [6, 6.07) is 13.0. The van der Waals surface area contributed by atoms with Crippen LogP contribution in [-0.4, -0.2) is 6.04 Å². The summed E-state index contributed by atoms with van der Waals surface area (Å²) in [6.45, 7) is 1.27. The number of hydrogen-bond acceptors (Lipinski definition) is 2. The SMILES string of the molecule is Fc1ccc(OCc2ccccc2CNC2CC2)c(Cl)c1. The molecule has 4 heteroatoms. The lowest BCUT2D eigenvalue weighted by molar-refractivity contribution is 0.304. The Morgan fingerprint density at radius 2 is 1.90 bits per heavy atom. The average molecular weight is 306 g/mol. The maximum Gasteiger partial charge on any atom is 0.138 e. The van der Waals surface area contributed by atoms with E-state index in [0.717, 1.165) is 12.1 Å². The molecule has 1 fully saturated rings. The van der Waals surface area contributed by atoms with E-state index in [0.29, 0.717) is 23.4 Å². The minimum Gasteiger partial charge on any atom is -0.487 e.